The van der Waals surface area contributed by atoms with E-state index in [1.165, 1.54) is 0 Å². The summed E-state index contributed by atoms with van der Waals surface area (Å²) >= 11 is 12.8. The molecule has 1 fully saturated rings. The maximum absolute atomic E-state index is 5.89. The van der Waals surface area contributed by atoms with Crippen molar-refractivity contribution < 1.29 is 4.74 Å². The minimum Gasteiger partial charge on any atom is -0.376 e. The Morgan fingerprint density at radius 2 is 2.12 bits per heavy atom. The second-order valence-electron chi connectivity index (χ2n) is 5.41. The summed E-state index contributed by atoms with van der Waals surface area (Å²) in [5.74, 6) is 0. The molecule has 0 spiro atoms. The number of hydrogen-bond donors (Lipinski definition) is 2. The zero-order chi connectivity index (χ0) is 16.8. The third kappa shape index (κ3) is 5.34. The molecule has 2 aromatic rings. The number of nitrogens with one attached hydrogen (secondary N) is 2. The smallest absolute Gasteiger partial charge is 0.170 e. The highest BCUT2D eigenvalue weighted by molar-refractivity contribution is 7.99. The molecule has 0 bridgehead atoms. The molecule has 1 atom stereocenters. The molecular weight excluding hydrogens is 362 g/mol. The van der Waals surface area contributed by atoms with Crippen LogP contribution < -0.4 is 10.6 Å². The summed E-state index contributed by atoms with van der Waals surface area (Å²) in [6, 6.07) is 11.6. The highest BCUT2D eigenvalue weighted by Crippen LogP contribution is 2.27. The van der Waals surface area contributed by atoms with Crippen molar-refractivity contribution in [2.45, 2.75) is 28.9 Å². The van der Waals surface area contributed by atoms with E-state index in [0.717, 1.165) is 46.6 Å². The van der Waals surface area contributed by atoms with E-state index in [1.54, 1.807) is 18.0 Å². The van der Waals surface area contributed by atoms with Gasteiger partial charge in [0.15, 0.2) is 5.11 Å². The Balaban J connectivity index is 1.48. The lowest BCUT2D eigenvalue weighted by Crippen LogP contribution is -2.34. The summed E-state index contributed by atoms with van der Waals surface area (Å²) < 4.78 is 5.56. The molecule has 0 radical (unpaired) electrons. The van der Waals surface area contributed by atoms with Crippen LogP contribution in [0.25, 0.3) is 0 Å². The average molecular weight is 380 g/mol. The predicted octanol–water partition coefficient (Wildman–Crippen LogP) is 4.35. The van der Waals surface area contributed by atoms with E-state index in [-0.39, 0.29) is 6.10 Å². The largest absolute Gasteiger partial charge is 0.376 e. The molecule has 126 valence electrons. The van der Waals surface area contributed by atoms with Crippen molar-refractivity contribution in [1.29, 1.82) is 0 Å². The molecule has 0 aliphatic carbocycles. The van der Waals surface area contributed by atoms with Gasteiger partial charge in [-0.2, -0.15) is 0 Å². The number of nitrogens with zero attached hydrogens (tertiary/aromatic N) is 1. The topological polar surface area (TPSA) is 46.2 Å². The summed E-state index contributed by atoms with van der Waals surface area (Å²) in [5.41, 5.74) is 0.861. The molecule has 1 aliphatic rings. The van der Waals surface area contributed by atoms with Crippen molar-refractivity contribution in [2.75, 3.05) is 18.5 Å². The van der Waals surface area contributed by atoms with Gasteiger partial charge in [0.2, 0.25) is 0 Å². The number of rotatable bonds is 5. The lowest BCUT2D eigenvalue weighted by Gasteiger charge is -2.14. The number of benzene rings is 1. The van der Waals surface area contributed by atoms with E-state index < -0.39 is 0 Å². The first-order chi connectivity index (χ1) is 11.7. The minimum atomic E-state index is 0.265. The van der Waals surface area contributed by atoms with E-state index in [4.69, 9.17) is 28.6 Å². The molecule has 1 aromatic carbocycles. The second-order valence-corrected chi connectivity index (χ2v) is 7.35. The van der Waals surface area contributed by atoms with Crippen LogP contribution in [0.3, 0.4) is 0 Å². The molecule has 24 heavy (non-hydrogen) atoms. The molecule has 0 unspecified atom stereocenters. The van der Waals surface area contributed by atoms with Gasteiger partial charge >= 0.3 is 0 Å². The van der Waals surface area contributed by atoms with E-state index in [1.807, 2.05) is 36.4 Å². The first-order valence-electron chi connectivity index (χ1n) is 7.75. The van der Waals surface area contributed by atoms with Crippen molar-refractivity contribution >= 4 is 46.4 Å². The normalized spacial score (nSPS) is 16.8. The molecule has 2 heterocycles. The molecule has 4 nitrogen and oxygen atoms in total. The van der Waals surface area contributed by atoms with Crippen LogP contribution in [-0.4, -0.2) is 29.4 Å². The highest BCUT2D eigenvalue weighted by atomic mass is 35.5. The van der Waals surface area contributed by atoms with Gasteiger partial charge in [-0.15, -0.1) is 0 Å². The molecule has 0 saturated carbocycles. The SMILES string of the molecule is S=C(NC[C@@H]1CCCO1)Nc1ccc(Sc2ccc(Cl)cc2)nc1. The number of anilines is 1. The third-order valence-electron chi connectivity index (χ3n) is 3.54. The van der Waals surface area contributed by atoms with Gasteiger partial charge in [0.05, 0.1) is 18.0 Å². The quantitative estimate of drug-likeness (QED) is 0.753. The van der Waals surface area contributed by atoms with Crippen LogP contribution >= 0.6 is 35.6 Å². The van der Waals surface area contributed by atoms with Gasteiger partial charge in [-0.1, -0.05) is 23.4 Å². The van der Waals surface area contributed by atoms with Crippen molar-refractivity contribution in [3.05, 3.63) is 47.6 Å². The van der Waals surface area contributed by atoms with Crippen LogP contribution in [0.15, 0.2) is 52.5 Å². The molecule has 1 aromatic heterocycles. The summed E-state index contributed by atoms with van der Waals surface area (Å²) in [4.78, 5) is 5.54. The van der Waals surface area contributed by atoms with Gasteiger partial charge in [-0.3, -0.25) is 0 Å². The summed E-state index contributed by atoms with van der Waals surface area (Å²) in [5, 5.41) is 8.56. The zero-order valence-electron chi connectivity index (χ0n) is 13.0. The van der Waals surface area contributed by atoms with Crippen molar-refractivity contribution in [2.24, 2.45) is 0 Å². The maximum Gasteiger partial charge on any atom is 0.170 e. The third-order valence-corrected chi connectivity index (χ3v) is 5.00. The van der Waals surface area contributed by atoms with Crippen LogP contribution in [0.2, 0.25) is 5.02 Å². The van der Waals surface area contributed by atoms with E-state index in [0.29, 0.717) is 5.11 Å². The highest BCUT2D eigenvalue weighted by Gasteiger charge is 2.15. The van der Waals surface area contributed by atoms with Crippen LogP contribution in [-0.2, 0) is 4.74 Å². The number of hydrogen-bond acceptors (Lipinski definition) is 4. The Bertz CT molecular complexity index is 673. The number of thiocarbonyl (C=S) groups is 1. The molecular formula is C17H18ClN3OS2. The van der Waals surface area contributed by atoms with Crippen LogP contribution in [0, 0.1) is 0 Å². The molecule has 7 heteroatoms. The van der Waals surface area contributed by atoms with Crippen LogP contribution in [0.1, 0.15) is 12.8 Å². The van der Waals surface area contributed by atoms with E-state index in [2.05, 4.69) is 15.6 Å². The monoisotopic (exact) mass is 379 g/mol. The van der Waals surface area contributed by atoms with Crippen LogP contribution in [0.4, 0.5) is 5.69 Å². The zero-order valence-corrected chi connectivity index (χ0v) is 15.4. The maximum atomic E-state index is 5.89. The first kappa shape index (κ1) is 17.5. The first-order valence-corrected chi connectivity index (χ1v) is 9.35. The summed E-state index contributed by atoms with van der Waals surface area (Å²) in [6.07, 6.45) is 4.26. The van der Waals surface area contributed by atoms with Gasteiger partial charge < -0.3 is 15.4 Å². The predicted molar refractivity (Wildman–Crippen MR) is 103 cm³/mol. The van der Waals surface area contributed by atoms with Gasteiger partial charge in [0.25, 0.3) is 0 Å². The second kappa shape index (κ2) is 8.67. The number of aromatic nitrogens is 1. The Morgan fingerprint density at radius 1 is 1.29 bits per heavy atom. The lowest BCUT2D eigenvalue weighted by atomic mass is 10.2. The number of pyridine rings is 1. The lowest BCUT2D eigenvalue weighted by molar-refractivity contribution is 0.114. The fraction of sp³-hybridized carbons (Fsp3) is 0.294. The Labute approximate surface area is 156 Å². The van der Waals surface area contributed by atoms with Crippen LogP contribution in [0.5, 0.6) is 0 Å². The molecule has 2 N–H and O–H groups in total. The van der Waals surface area contributed by atoms with E-state index >= 15 is 0 Å². The summed E-state index contributed by atoms with van der Waals surface area (Å²) in [7, 11) is 0. The van der Waals surface area contributed by atoms with Gasteiger partial charge in [-0.05, 0) is 61.5 Å². The van der Waals surface area contributed by atoms with Gasteiger partial charge in [0, 0.05) is 23.1 Å². The Morgan fingerprint density at radius 3 is 2.79 bits per heavy atom. The summed E-state index contributed by atoms with van der Waals surface area (Å²) in [6.45, 7) is 1.59. The fourth-order valence-electron chi connectivity index (χ4n) is 2.33. The molecule has 1 aliphatic heterocycles. The molecule has 1 saturated heterocycles. The Kier molecular flexibility index (Phi) is 6.31. The van der Waals surface area contributed by atoms with Crippen molar-refractivity contribution in [1.82, 2.24) is 10.3 Å². The fourth-order valence-corrected chi connectivity index (χ4v) is 3.41. The van der Waals surface area contributed by atoms with Gasteiger partial charge in [0.1, 0.15) is 5.03 Å². The Hall–Kier alpha value is -1.34. The number of ether oxygens (including phenoxy) is 1. The minimum absolute atomic E-state index is 0.265. The van der Waals surface area contributed by atoms with Crippen molar-refractivity contribution in [3.63, 3.8) is 0 Å². The molecule has 3 rings (SSSR count). The van der Waals surface area contributed by atoms with Crippen molar-refractivity contribution in [3.8, 4) is 0 Å². The van der Waals surface area contributed by atoms with Gasteiger partial charge in [-0.25, -0.2) is 4.98 Å². The standard InChI is InChI=1S/C17H18ClN3OS2/c18-12-3-6-15(7-4-12)24-16-8-5-13(10-19-16)21-17(23)20-11-14-2-1-9-22-14/h3-8,10,14H,1-2,9,11H2,(H2,20,21,23)/t14-/m0/s1. The average Bonchev–Trinajstić information content (AvgIpc) is 3.10. The van der Waals surface area contributed by atoms with E-state index in [9.17, 15) is 0 Å². The number of halogens is 1. The molecule has 0 amide bonds.